The molecule has 1 aromatic carbocycles. The van der Waals surface area contributed by atoms with Crippen molar-refractivity contribution in [1.82, 2.24) is 15.5 Å². The van der Waals surface area contributed by atoms with Crippen LogP contribution in [0.25, 0.3) is 0 Å². The SMILES string of the molecule is CCNC(=NCc1ccccc1CN1CCCCCC1)NC(C)C. The van der Waals surface area contributed by atoms with Crippen molar-refractivity contribution >= 4 is 5.96 Å². The van der Waals surface area contributed by atoms with Crippen molar-refractivity contribution in [3.8, 4) is 0 Å². The van der Waals surface area contributed by atoms with Crippen molar-refractivity contribution in [1.29, 1.82) is 0 Å². The normalized spacial score (nSPS) is 16.9. The average Bonchev–Trinajstić information content (AvgIpc) is 2.82. The van der Waals surface area contributed by atoms with Crippen LogP contribution in [-0.2, 0) is 13.1 Å². The Labute approximate surface area is 147 Å². The molecule has 4 nitrogen and oxygen atoms in total. The number of likely N-dealkylation sites (tertiary alicyclic amines) is 1. The smallest absolute Gasteiger partial charge is 0.191 e. The average molecular weight is 331 g/mol. The van der Waals surface area contributed by atoms with Gasteiger partial charge in [0.2, 0.25) is 0 Å². The Morgan fingerprint density at radius 3 is 2.38 bits per heavy atom. The number of guanidine groups is 1. The summed E-state index contributed by atoms with van der Waals surface area (Å²) in [6, 6.07) is 9.14. The quantitative estimate of drug-likeness (QED) is 0.619. The van der Waals surface area contributed by atoms with Crippen molar-refractivity contribution in [2.24, 2.45) is 4.99 Å². The zero-order valence-corrected chi connectivity index (χ0v) is 15.6. The number of nitrogens with one attached hydrogen (secondary N) is 2. The van der Waals surface area contributed by atoms with Gasteiger partial charge in [0.1, 0.15) is 0 Å². The monoisotopic (exact) mass is 330 g/mol. The van der Waals surface area contributed by atoms with Crippen LogP contribution in [0.4, 0.5) is 0 Å². The molecule has 2 N–H and O–H groups in total. The van der Waals surface area contributed by atoms with Crippen molar-refractivity contribution in [3.05, 3.63) is 35.4 Å². The molecule has 0 aliphatic carbocycles. The molecule has 134 valence electrons. The molecule has 1 saturated heterocycles. The highest BCUT2D eigenvalue weighted by Gasteiger charge is 2.11. The summed E-state index contributed by atoms with van der Waals surface area (Å²) in [5.41, 5.74) is 2.76. The van der Waals surface area contributed by atoms with Gasteiger partial charge in [0, 0.05) is 19.1 Å². The predicted octanol–water partition coefficient (Wildman–Crippen LogP) is 3.53. The van der Waals surface area contributed by atoms with E-state index in [-0.39, 0.29) is 0 Å². The first kappa shape index (κ1) is 18.8. The van der Waals surface area contributed by atoms with Crippen molar-refractivity contribution < 1.29 is 0 Å². The van der Waals surface area contributed by atoms with Crippen molar-refractivity contribution in [2.45, 2.75) is 65.6 Å². The summed E-state index contributed by atoms with van der Waals surface area (Å²) in [6.45, 7) is 11.5. The number of benzene rings is 1. The molecule has 24 heavy (non-hydrogen) atoms. The molecule has 1 fully saturated rings. The second-order valence-electron chi connectivity index (χ2n) is 6.95. The van der Waals surface area contributed by atoms with Crippen molar-refractivity contribution in [2.75, 3.05) is 19.6 Å². The van der Waals surface area contributed by atoms with Crippen LogP contribution in [0, 0.1) is 0 Å². The van der Waals surface area contributed by atoms with Gasteiger partial charge in [-0.25, -0.2) is 4.99 Å². The van der Waals surface area contributed by atoms with E-state index in [9.17, 15) is 0 Å². The third-order valence-corrected chi connectivity index (χ3v) is 4.39. The van der Waals surface area contributed by atoms with E-state index in [1.54, 1.807) is 0 Å². The van der Waals surface area contributed by atoms with Gasteiger partial charge >= 0.3 is 0 Å². The molecular weight excluding hydrogens is 296 g/mol. The molecule has 0 amide bonds. The Kier molecular flexibility index (Phi) is 8.10. The Bertz CT molecular complexity index is 502. The summed E-state index contributed by atoms with van der Waals surface area (Å²) >= 11 is 0. The van der Waals surface area contributed by atoms with Gasteiger partial charge < -0.3 is 10.6 Å². The van der Waals surface area contributed by atoms with Gasteiger partial charge in [0.15, 0.2) is 5.96 Å². The highest BCUT2D eigenvalue weighted by Crippen LogP contribution is 2.16. The number of hydrogen-bond donors (Lipinski definition) is 2. The van der Waals surface area contributed by atoms with Crippen LogP contribution >= 0.6 is 0 Å². The third-order valence-electron chi connectivity index (χ3n) is 4.39. The van der Waals surface area contributed by atoms with E-state index in [2.05, 4.69) is 60.6 Å². The van der Waals surface area contributed by atoms with Crippen LogP contribution in [-0.4, -0.2) is 36.5 Å². The summed E-state index contributed by atoms with van der Waals surface area (Å²) in [7, 11) is 0. The minimum Gasteiger partial charge on any atom is -0.357 e. The van der Waals surface area contributed by atoms with Gasteiger partial charge in [-0.05, 0) is 57.8 Å². The summed E-state index contributed by atoms with van der Waals surface area (Å²) in [5, 5.41) is 6.71. The lowest BCUT2D eigenvalue weighted by Crippen LogP contribution is -2.41. The molecule has 0 atom stereocenters. The van der Waals surface area contributed by atoms with E-state index in [0.29, 0.717) is 6.04 Å². The topological polar surface area (TPSA) is 39.7 Å². The first-order chi connectivity index (χ1) is 11.7. The molecule has 4 heteroatoms. The Morgan fingerprint density at radius 2 is 1.75 bits per heavy atom. The van der Waals surface area contributed by atoms with Gasteiger partial charge in [-0.3, -0.25) is 4.90 Å². The molecule has 1 aliphatic rings. The lowest BCUT2D eigenvalue weighted by molar-refractivity contribution is 0.276. The lowest BCUT2D eigenvalue weighted by atomic mass is 10.1. The van der Waals surface area contributed by atoms with E-state index < -0.39 is 0 Å². The predicted molar refractivity (Wildman–Crippen MR) is 103 cm³/mol. The fourth-order valence-corrected chi connectivity index (χ4v) is 3.16. The second kappa shape index (κ2) is 10.3. The number of aliphatic imine (C=N–C) groups is 1. The molecule has 0 saturated carbocycles. The highest BCUT2D eigenvalue weighted by atomic mass is 15.2. The Balaban J connectivity index is 2.04. The van der Waals surface area contributed by atoms with Crippen LogP contribution < -0.4 is 10.6 Å². The van der Waals surface area contributed by atoms with Gasteiger partial charge in [-0.15, -0.1) is 0 Å². The first-order valence-electron chi connectivity index (χ1n) is 9.53. The standard InChI is InChI=1S/C20H34N4/c1-4-21-20(23-17(2)3)22-15-18-11-7-8-12-19(18)16-24-13-9-5-6-10-14-24/h7-8,11-12,17H,4-6,9-10,13-16H2,1-3H3,(H2,21,22,23). The summed E-state index contributed by atoms with van der Waals surface area (Å²) in [4.78, 5) is 7.38. The summed E-state index contributed by atoms with van der Waals surface area (Å²) < 4.78 is 0. The molecule has 1 aliphatic heterocycles. The molecule has 0 spiro atoms. The Hall–Kier alpha value is -1.55. The Morgan fingerprint density at radius 1 is 1.08 bits per heavy atom. The number of hydrogen-bond acceptors (Lipinski definition) is 2. The fraction of sp³-hybridized carbons (Fsp3) is 0.650. The molecule has 0 bridgehead atoms. The van der Waals surface area contributed by atoms with Crippen LogP contribution in [0.5, 0.6) is 0 Å². The maximum atomic E-state index is 4.77. The molecular formula is C20H34N4. The first-order valence-corrected chi connectivity index (χ1v) is 9.53. The maximum Gasteiger partial charge on any atom is 0.191 e. The van der Waals surface area contributed by atoms with E-state index in [4.69, 9.17) is 4.99 Å². The highest BCUT2D eigenvalue weighted by molar-refractivity contribution is 5.80. The summed E-state index contributed by atoms with van der Waals surface area (Å²) in [6.07, 6.45) is 5.44. The van der Waals surface area contributed by atoms with Gasteiger partial charge in [-0.2, -0.15) is 0 Å². The summed E-state index contributed by atoms with van der Waals surface area (Å²) in [5.74, 6) is 0.900. The zero-order chi connectivity index (χ0) is 17.2. The molecule has 0 unspecified atom stereocenters. The lowest BCUT2D eigenvalue weighted by Gasteiger charge is -2.21. The van der Waals surface area contributed by atoms with Gasteiger partial charge in [-0.1, -0.05) is 37.1 Å². The van der Waals surface area contributed by atoms with E-state index in [0.717, 1.165) is 25.6 Å². The van der Waals surface area contributed by atoms with E-state index >= 15 is 0 Å². The van der Waals surface area contributed by atoms with Crippen LogP contribution in [0.15, 0.2) is 29.3 Å². The van der Waals surface area contributed by atoms with Crippen molar-refractivity contribution in [3.63, 3.8) is 0 Å². The number of nitrogens with zero attached hydrogens (tertiary/aromatic N) is 2. The minimum absolute atomic E-state index is 0.384. The zero-order valence-electron chi connectivity index (χ0n) is 15.6. The largest absolute Gasteiger partial charge is 0.357 e. The molecule has 0 aromatic heterocycles. The van der Waals surface area contributed by atoms with Crippen LogP contribution in [0.2, 0.25) is 0 Å². The molecule has 2 rings (SSSR count). The molecule has 1 heterocycles. The van der Waals surface area contributed by atoms with Crippen LogP contribution in [0.3, 0.4) is 0 Å². The van der Waals surface area contributed by atoms with E-state index in [1.807, 2.05) is 0 Å². The van der Waals surface area contributed by atoms with Crippen LogP contribution in [0.1, 0.15) is 57.6 Å². The second-order valence-corrected chi connectivity index (χ2v) is 6.95. The van der Waals surface area contributed by atoms with Gasteiger partial charge in [0.05, 0.1) is 6.54 Å². The third kappa shape index (κ3) is 6.52. The van der Waals surface area contributed by atoms with Gasteiger partial charge in [0.25, 0.3) is 0 Å². The maximum absolute atomic E-state index is 4.77. The molecule has 1 aromatic rings. The molecule has 0 radical (unpaired) electrons. The number of rotatable bonds is 6. The minimum atomic E-state index is 0.384. The fourth-order valence-electron chi connectivity index (χ4n) is 3.16. The van der Waals surface area contributed by atoms with E-state index in [1.165, 1.54) is 49.9 Å².